The number of anilines is 2. The molecule has 0 radical (unpaired) electrons. The van der Waals surface area contributed by atoms with Gasteiger partial charge >= 0.3 is 0 Å². The minimum atomic E-state index is 0.549. The van der Waals surface area contributed by atoms with Crippen LogP contribution in [-0.4, -0.2) is 19.3 Å². The first kappa shape index (κ1) is 11.1. The molecule has 1 saturated heterocycles. The summed E-state index contributed by atoms with van der Waals surface area (Å²) in [6.07, 6.45) is 0. The van der Waals surface area contributed by atoms with Crippen LogP contribution < -0.4 is 9.80 Å². The molecule has 1 atom stereocenters. The molecule has 1 aliphatic heterocycles. The van der Waals surface area contributed by atoms with Crippen molar-refractivity contribution in [3.05, 3.63) is 60.7 Å². The summed E-state index contributed by atoms with van der Waals surface area (Å²) >= 11 is 0. The average Bonchev–Trinajstić information content (AvgIpc) is 2.83. The van der Waals surface area contributed by atoms with Crippen LogP contribution in [0.3, 0.4) is 0 Å². The molecule has 0 bridgehead atoms. The standard InChI is InChI=1S/C16H18N2/c1-14-12-17(15-8-4-2-5-9-15)13-18(14)16-10-6-3-7-11-16/h2-11,14H,12-13H2,1H3. The van der Waals surface area contributed by atoms with Gasteiger partial charge in [0.25, 0.3) is 0 Å². The maximum atomic E-state index is 2.45. The summed E-state index contributed by atoms with van der Waals surface area (Å²) in [5.41, 5.74) is 2.62. The molecule has 1 unspecified atom stereocenters. The Hall–Kier alpha value is -1.96. The Kier molecular flexibility index (Phi) is 2.93. The summed E-state index contributed by atoms with van der Waals surface area (Å²) < 4.78 is 0. The molecule has 0 amide bonds. The third-order valence-corrected chi connectivity index (χ3v) is 3.55. The predicted octanol–water partition coefficient (Wildman–Crippen LogP) is 3.36. The number of benzene rings is 2. The number of hydrogen-bond donors (Lipinski definition) is 0. The van der Waals surface area contributed by atoms with Gasteiger partial charge in [-0.2, -0.15) is 0 Å². The van der Waals surface area contributed by atoms with Crippen LogP contribution >= 0.6 is 0 Å². The lowest BCUT2D eigenvalue weighted by atomic mass is 10.2. The van der Waals surface area contributed by atoms with Gasteiger partial charge in [-0.1, -0.05) is 36.4 Å². The maximum Gasteiger partial charge on any atom is 0.0907 e. The van der Waals surface area contributed by atoms with Gasteiger partial charge in [-0.25, -0.2) is 0 Å². The maximum absolute atomic E-state index is 2.45. The number of nitrogens with zero attached hydrogens (tertiary/aromatic N) is 2. The van der Waals surface area contributed by atoms with E-state index in [1.54, 1.807) is 0 Å². The van der Waals surface area contributed by atoms with Gasteiger partial charge < -0.3 is 9.80 Å². The second kappa shape index (κ2) is 4.73. The molecule has 1 fully saturated rings. The first-order chi connectivity index (χ1) is 8.84. The Labute approximate surface area is 108 Å². The highest BCUT2D eigenvalue weighted by Gasteiger charge is 2.26. The molecule has 1 aliphatic rings. The number of rotatable bonds is 2. The number of para-hydroxylation sites is 2. The van der Waals surface area contributed by atoms with Crippen LogP contribution in [0.1, 0.15) is 6.92 Å². The lowest BCUT2D eigenvalue weighted by molar-refractivity contribution is 0.778. The third-order valence-electron chi connectivity index (χ3n) is 3.55. The van der Waals surface area contributed by atoms with Crippen molar-refractivity contribution in [3.63, 3.8) is 0 Å². The van der Waals surface area contributed by atoms with E-state index in [9.17, 15) is 0 Å². The van der Waals surface area contributed by atoms with E-state index in [1.807, 2.05) is 0 Å². The van der Waals surface area contributed by atoms with E-state index in [1.165, 1.54) is 11.4 Å². The van der Waals surface area contributed by atoms with Crippen molar-refractivity contribution in [1.82, 2.24) is 0 Å². The van der Waals surface area contributed by atoms with Crippen molar-refractivity contribution in [2.24, 2.45) is 0 Å². The van der Waals surface area contributed by atoms with E-state index < -0.39 is 0 Å². The molecule has 0 aromatic heterocycles. The van der Waals surface area contributed by atoms with E-state index >= 15 is 0 Å². The topological polar surface area (TPSA) is 6.48 Å². The first-order valence-electron chi connectivity index (χ1n) is 6.46. The molecule has 2 heteroatoms. The second-order valence-electron chi connectivity index (χ2n) is 4.85. The van der Waals surface area contributed by atoms with Gasteiger partial charge in [-0.15, -0.1) is 0 Å². The fourth-order valence-corrected chi connectivity index (χ4v) is 2.58. The van der Waals surface area contributed by atoms with Crippen LogP contribution in [-0.2, 0) is 0 Å². The van der Waals surface area contributed by atoms with Gasteiger partial charge in [-0.3, -0.25) is 0 Å². The molecule has 0 N–H and O–H groups in total. The molecule has 2 nitrogen and oxygen atoms in total. The normalized spacial score (nSPS) is 19.3. The van der Waals surface area contributed by atoms with Crippen LogP contribution in [0.25, 0.3) is 0 Å². The van der Waals surface area contributed by atoms with E-state index in [0.717, 1.165) is 13.2 Å². The average molecular weight is 238 g/mol. The minimum Gasteiger partial charge on any atom is -0.352 e. The molecule has 92 valence electrons. The van der Waals surface area contributed by atoms with Gasteiger partial charge in [0, 0.05) is 24.0 Å². The van der Waals surface area contributed by atoms with Crippen molar-refractivity contribution in [2.45, 2.75) is 13.0 Å². The predicted molar refractivity (Wildman–Crippen MR) is 77.0 cm³/mol. The van der Waals surface area contributed by atoms with Crippen molar-refractivity contribution in [2.75, 3.05) is 23.0 Å². The zero-order valence-corrected chi connectivity index (χ0v) is 10.7. The lowest BCUT2D eigenvalue weighted by Gasteiger charge is -2.23. The zero-order valence-electron chi connectivity index (χ0n) is 10.7. The monoisotopic (exact) mass is 238 g/mol. The minimum absolute atomic E-state index is 0.549. The summed E-state index contributed by atoms with van der Waals surface area (Å²) in [4.78, 5) is 4.88. The highest BCUT2D eigenvalue weighted by molar-refractivity contribution is 5.55. The Morgan fingerprint density at radius 1 is 0.833 bits per heavy atom. The highest BCUT2D eigenvalue weighted by Crippen LogP contribution is 2.26. The van der Waals surface area contributed by atoms with Crippen molar-refractivity contribution >= 4 is 11.4 Å². The molecule has 0 spiro atoms. The quantitative estimate of drug-likeness (QED) is 0.791. The molecule has 0 saturated carbocycles. The largest absolute Gasteiger partial charge is 0.352 e. The molecule has 1 heterocycles. The summed E-state index contributed by atoms with van der Waals surface area (Å²) in [5.74, 6) is 0. The zero-order chi connectivity index (χ0) is 12.4. The van der Waals surface area contributed by atoms with Crippen LogP contribution in [0.15, 0.2) is 60.7 Å². The van der Waals surface area contributed by atoms with Gasteiger partial charge in [0.2, 0.25) is 0 Å². The third kappa shape index (κ3) is 2.06. The molecular formula is C16H18N2. The fourth-order valence-electron chi connectivity index (χ4n) is 2.58. The van der Waals surface area contributed by atoms with E-state index in [0.29, 0.717) is 6.04 Å². The van der Waals surface area contributed by atoms with E-state index in [4.69, 9.17) is 0 Å². The summed E-state index contributed by atoms with van der Waals surface area (Å²) in [7, 11) is 0. The lowest BCUT2D eigenvalue weighted by Crippen LogP contribution is -2.28. The van der Waals surface area contributed by atoms with Gasteiger partial charge in [0.15, 0.2) is 0 Å². The fraction of sp³-hybridized carbons (Fsp3) is 0.250. The van der Waals surface area contributed by atoms with Gasteiger partial charge in [0.1, 0.15) is 0 Å². The molecule has 3 rings (SSSR count). The molecule has 2 aromatic rings. The Balaban J connectivity index is 1.81. The Morgan fingerprint density at radius 2 is 1.39 bits per heavy atom. The summed E-state index contributed by atoms with van der Waals surface area (Å²) in [5, 5.41) is 0. The summed E-state index contributed by atoms with van der Waals surface area (Å²) in [6.45, 7) is 4.34. The highest BCUT2D eigenvalue weighted by atomic mass is 15.4. The van der Waals surface area contributed by atoms with Gasteiger partial charge in [0.05, 0.1) is 6.67 Å². The van der Waals surface area contributed by atoms with Crippen molar-refractivity contribution in [3.8, 4) is 0 Å². The second-order valence-corrected chi connectivity index (χ2v) is 4.85. The molecule has 2 aromatic carbocycles. The summed E-state index contributed by atoms with van der Waals surface area (Å²) in [6, 6.07) is 21.8. The van der Waals surface area contributed by atoms with E-state index in [-0.39, 0.29) is 0 Å². The Morgan fingerprint density at radius 3 is 2.00 bits per heavy atom. The first-order valence-corrected chi connectivity index (χ1v) is 6.46. The smallest absolute Gasteiger partial charge is 0.0907 e. The van der Waals surface area contributed by atoms with Crippen LogP contribution in [0.5, 0.6) is 0 Å². The molecule has 0 aliphatic carbocycles. The van der Waals surface area contributed by atoms with Crippen molar-refractivity contribution < 1.29 is 0 Å². The van der Waals surface area contributed by atoms with Gasteiger partial charge in [-0.05, 0) is 31.2 Å². The number of hydrogen-bond acceptors (Lipinski definition) is 2. The van der Waals surface area contributed by atoms with Crippen LogP contribution in [0, 0.1) is 0 Å². The van der Waals surface area contributed by atoms with E-state index in [2.05, 4.69) is 77.4 Å². The molecular weight excluding hydrogens is 220 g/mol. The van der Waals surface area contributed by atoms with Crippen molar-refractivity contribution in [1.29, 1.82) is 0 Å². The van der Waals surface area contributed by atoms with Crippen LogP contribution in [0.2, 0.25) is 0 Å². The van der Waals surface area contributed by atoms with Crippen LogP contribution in [0.4, 0.5) is 11.4 Å². The Bertz CT molecular complexity index is 495. The SMILES string of the molecule is CC1CN(c2ccccc2)CN1c1ccccc1. The molecule has 18 heavy (non-hydrogen) atoms.